The van der Waals surface area contributed by atoms with Crippen LogP contribution in [-0.4, -0.2) is 58.5 Å². The van der Waals surface area contributed by atoms with E-state index in [0.29, 0.717) is 52.0 Å². The van der Waals surface area contributed by atoms with Gasteiger partial charge in [-0.1, -0.05) is 6.07 Å². The van der Waals surface area contributed by atoms with E-state index >= 15 is 0 Å². The molecule has 0 aliphatic carbocycles. The Kier molecular flexibility index (Phi) is 7.39. The predicted octanol–water partition coefficient (Wildman–Crippen LogP) is 5.74. The largest absolute Gasteiger partial charge is 0.484 e. The Labute approximate surface area is 224 Å². The summed E-state index contributed by atoms with van der Waals surface area (Å²) in [4.78, 5) is 17.6. The van der Waals surface area contributed by atoms with Crippen molar-refractivity contribution in [1.82, 2.24) is 14.5 Å². The van der Waals surface area contributed by atoms with E-state index in [-0.39, 0.29) is 24.4 Å². The number of aryl methyl sites for hydroxylation is 2. The zero-order valence-electron chi connectivity index (χ0n) is 21.8. The molecule has 0 bridgehead atoms. The van der Waals surface area contributed by atoms with Gasteiger partial charge in [0.2, 0.25) is 5.89 Å². The maximum Gasteiger partial charge on any atom is 0.430 e. The first-order valence-corrected chi connectivity index (χ1v) is 11.9. The standard InChI is InChI=1S/C27H25F6N3O4/c1-15-11-18-12-19(25(38,26(28,29)30)27(31,32)33)7-10-22(18)36(15)13-21-16(2)40-24(34-21)17-5-8-20(9-6-17)39-14-23(37)35(3)4/h5-12,38H,13-14H2,1-4H3. The van der Waals surface area contributed by atoms with E-state index in [2.05, 4.69) is 4.98 Å². The number of aliphatic hydroxyl groups is 1. The van der Waals surface area contributed by atoms with Gasteiger partial charge >= 0.3 is 12.4 Å². The normalized spacial score (nSPS) is 12.7. The molecule has 0 aliphatic rings. The summed E-state index contributed by atoms with van der Waals surface area (Å²) >= 11 is 0. The quantitative estimate of drug-likeness (QED) is 0.287. The van der Waals surface area contributed by atoms with Crippen molar-refractivity contribution in [1.29, 1.82) is 0 Å². The molecule has 1 N–H and O–H groups in total. The highest BCUT2D eigenvalue weighted by Gasteiger charge is 2.71. The lowest BCUT2D eigenvalue weighted by molar-refractivity contribution is -0.376. The van der Waals surface area contributed by atoms with E-state index in [9.17, 15) is 36.2 Å². The number of nitrogens with zero attached hydrogens (tertiary/aromatic N) is 3. The topological polar surface area (TPSA) is 80.7 Å². The molecule has 0 fully saturated rings. The number of carbonyl (C=O) groups is 1. The van der Waals surface area contributed by atoms with Crippen molar-refractivity contribution in [3.8, 4) is 17.2 Å². The number of oxazole rings is 1. The molecule has 0 unspecified atom stereocenters. The van der Waals surface area contributed by atoms with E-state index in [1.165, 1.54) is 11.0 Å². The Hall–Kier alpha value is -4.00. The fourth-order valence-corrected chi connectivity index (χ4v) is 4.15. The lowest BCUT2D eigenvalue weighted by atomic mass is 9.91. The molecule has 4 aromatic rings. The lowest BCUT2D eigenvalue weighted by Crippen LogP contribution is -2.53. The van der Waals surface area contributed by atoms with Gasteiger partial charge in [-0.05, 0) is 56.3 Å². The van der Waals surface area contributed by atoms with E-state index in [1.807, 2.05) is 0 Å². The molecule has 7 nitrogen and oxygen atoms in total. The summed E-state index contributed by atoms with van der Waals surface area (Å²) in [6, 6.07) is 10.6. The number of hydrogen-bond acceptors (Lipinski definition) is 5. The van der Waals surface area contributed by atoms with Crippen molar-refractivity contribution < 1.29 is 45.4 Å². The molecule has 0 spiro atoms. The third-order valence-electron chi connectivity index (χ3n) is 6.51. The van der Waals surface area contributed by atoms with Gasteiger partial charge < -0.3 is 23.7 Å². The minimum Gasteiger partial charge on any atom is -0.484 e. The van der Waals surface area contributed by atoms with Crippen LogP contribution >= 0.6 is 0 Å². The highest BCUT2D eigenvalue weighted by molar-refractivity contribution is 5.82. The highest BCUT2D eigenvalue weighted by atomic mass is 19.4. The van der Waals surface area contributed by atoms with Crippen LogP contribution < -0.4 is 4.74 Å². The summed E-state index contributed by atoms with van der Waals surface area (Å²) in [5.41, 5.74) is -4.31. The van der Waals surface area contributed by atoms with Crippen LogP contribution in [0, 0.1) is 13.8 Å². The maximum absolute atomic E-state index is 13.4. The number of carbonyl (C=O) groups excluding carboxylic acids is 1. The number of likely N-dealkylation sites (N-methyl/N-ethyl adjacent to an activating group) is 1. The summed E-state index contributed by atoms with van der Waals surface area (Å²) < 4.78 is 93.0. The summed E-state index contributed by atoms with van der Waals surface area (Å²) in [5.74, 6) is 1.03. The Morgan fingerprint density at radius 3 is 2.20 bits per heavy atom. The third kappa shape index (κ3) is 5.25. The van der Waals surface area contributed by atoms with Gasteiger partial charge in [-0.15, -0.1) is 0 Å². The summed E-state index contributed by atoms with van der Waals surface area (Å²) in [6.45, 7) is 3.34. The van der Waals surface area contributed by atoms with E-state index < -0.39 is 23.5 Å². The van der Waals surface area contributed by atoms with Crippen molar-refractivity contribution >= 4 is 16.8 Å². The second-order valence-electron chi connectivity index (χ2n) is 9.47. The van der Waals surface area contributed by atoms with Crippen LogP contribution in [0.25, 0.3) is 22.4 Å². The molecule has 0 radical (unpaired) electrons. The molecule has 2 aromatic carbocycles. The molecule has 0 saturated heterocycles. The molecule has 1 amide bonds. The van der Waals surface area contributed by atoms with E-state index in [4.69, 9.17) is 9.15 Å². The SMILES string of the molecule is Cc1oc(-c2ccc(OCC(=O)N(C)C)cc2)nc1Cn1c(C)cc2cc(C(O)(C(F)(F)F)C(F)(F)F)ccc21. The van der Waals surface area contributed by atoms with Crippen molar-refractivity contribution in [2.24, 2.45) is 0 Å². The highest BCUT2D eigenvalue weighted by Crippen LogP contribution is 2.50. The number of hydrogen-bond donors (Lipinski definition) is 1. The van der Waals surface area contributed by atoms with E-state index in [0.717, 1.165) is 6.07 Å². The maximum atomic E-state index is 13.4. The van der Waals surface area contributed by atoms with Crippen LogP contribution in [0.5, 0.6) is 5.75 Å². The van der Waals surface area contributed by atoms with Crippen molar-refractivity contribution in [3.05, 3.63) is 71.2 Å². The van der Waals surface area contributed by atoms with Crippen molar-refractivity contribution in [2.75, 3.05) is 20.7 Å². The monoisotopic (exact) mass is 569 g/mol. The number of benzene rings is 2. The number of alkyl halides is 6. The Balaban J connectivity index is 1.60. The van der Waals surface area contributed by atoms with Gasteiger partial charge in [0.1, 0.15) is 17.2 Å². The van der Waals surface area contributed by atoms with Crippen molar-refractivity contribution in [2.45, 2.75) is 38.3 Å². The average molecular weight is 570 g/mol. The zero-order valence-corrected chi connectivity index (χ0v) is 21.8. The van der Waals surface area contributed by atoms with Gasteiger partial charge in [0, 0.05) is 41.8 Å². The number of ether oxygens (including phenoxy) is 1. The van der Waals surface area contributed by atoms with Crippen LogP contribution in [0.15, 0.2) is 52.9 Å². The molecule has 0 saturated carbocycles. The van der Waals surface area contributed by atoms with Crippen LogP contribution in [0.2, 0.25) is 0 Å². The number of halogens is 6. The van der Waals surface area contributed by atoms with E-state index in [1.54, 1.807) is 56.8 Å². The summed E-state index contributed by atoms with van der Waals surface area (Å²) in [5, 5.41) is 9.85. The Bertz CT molecular complexity index is 1520. The second kappa shape index (κ2) is 10.2. The molecule has 0 aliphatic heterocycles. The molecule has 40 heavy (non-hydrogen) atoms. The molecule has 2 aromatic heterocycles. The number of fused-ring (bicyclic) bond motifs is 1. The molecule has 214 valence electrons. The van der Waals surface area contributed by atoms with Crippen LogP contribution in [0.1, 0.15) is 22.7 Å². The van der Waals surface area contributed by atoms with Gasteiger partial charge in [-0.3, -0.25) is 4.79 Å². The smallest absolute Gasteiger partial charge is 0.430 e. The van der Waals surface area contributed by atoms with Gasteiger partial charge in [-0.25, -0.2) is 4.98 Å². The minimum absolute atomic E-state index is 0.0895. The number of aromatic nitrogens is 2. The molecule has 13 heteroatoms. The first-order chi connectivity index (χ1) is 18.5. The molecule has 4 rings (SSSR count). The predicted molar refractivity (Wildman–Crippen MR) is 133 cm³/mol. The van der Waals surface area contributed by atoms with Gasteiger partial charge in [0.05, 0.1) is 6.54 Å². The Morgan fingerprint density at radius 1 is 1.00 bits per heavy atom. The Morgan fingerprint density at radius 2 is 1.62 bits per heavy atom. The van der Waals surface area contributed by atoms with Crippen LogP contribution in [0.4, 0.5) is 26.3 Å². The van der Waals surface area contributed by atoms with Crippen LogP contribution in [0.3, 0.4) is 0 Å². The fourth-order valence-electron chi connectivity index (χ4n) is 4.15. The van der Waals surface area contributed by atoms with Gasteiger partial charge in [0.25, 0.3) is 11.5 Å². The first-order valence-electron chi connectivity index (χ1n) is 11.9. The number of amides is 1. The first kappa shape index (κ1) is 29.0. The van der Waals surface area contributed by atoms with Crippen molar-refractivity contribution in [3.63, 3.8) is 0 Å². The second-order valence-corrected chi connectivity index (χ2v) is 9.47. The number of rotatable bonds is 7. The van der Waals surface area contributed by atoms with Gasteiger partial charge in [-0.2, -0.15) is 26.3 Å². The zero-order chi connectivity index (χ0) is 29.6. The average Bonchev–Trinajstić information content (AvgIpc) is 3.39. The fraction of sp³-hybridized carbons (Fsp3) is 0.333. The summed E-state index contributed by atoms with van der Waals surface area (Å²) in [7, 11) is 3.24. The molecule has 0 atom stereocenters. The van der Waals surface area contributed by atoms with Gasteiger partial charge in [0.15, 0.2) is 6.61 Å². The molecular weight excluding hydrogens is 544 g/mol. The van der Waals surface area contributed by atoms with Crippen LogP contribution in [-0.2, 0) is 16.9 Å². The summed E-state index contributed by atoms with van der Waals surface area (Å²) in [6.07, 6.45) is -11.9. The lowest BCUT2D eigenvalue weighted by Gasteiger charge is -2.32. The molecular formula is C27H25F6N3O4. The third-order valence-corrected chi connectivity index (χ3v) is 6.51. The minimum atomic E-state index is -5.97. The molecule has 2 heterocycles.